The summed E-state index contributed by atoms with van der Waals surface area (Å²) in [6, 6.07) is 3.40. The van der Waals surface area contributed by atoms with Crippen LogP contribution >= 0.6 is 0 Å². The van der Waals surface area contributed by atoms with Crippen LogP contribution in [0.1, 0.15) is 86.1 Å². The molecule has 6 atom stereocenters. The van der Waals surface area contributed by atoms with Gasteiger partial charge in [0, 0.05) is 53.1 Å². The Hall–Kier alpha value is -3.48. The third-order valence-corrected chi connectivity index (χ3v) is 7.78. The van der Waals surface area contributed by atoms with E-state index in [9.17, 15) is 39.6 Å². The number of carbonyl (C=O) groups excluding carboxylic acids is 4. The first kappa shape index (κ1) is 26.1. The van der Waals surface area contributed by atoms with Crippen LogP contribution in [0.25, 0.3) is 0 Å². The summed E-state index contributed by atoms with van der Waals surface area (Å²) >= 11 is 0. The Balaban J connectivity index is 1.69. The van der Waals surface area contributed by atoms with Crippen molar-refractivity contribution >= 4 is 23.6 Å². The number of benzene rings is 2. The average molecular weight is 526 g/mol. The lowest BCUT2D eigenvalue weighted by Gasteiger charge is -2.42. The van der Waals surface area contributed by atoms with Gasteiger partial charge in [-0.2, -0.15) is 0 Å². The van der Waals surface area contributed by atoms with Crippen molar-refractivity contribution in [3.63, 3.8) is 0 Å². The van der Waals surface area contributed by atoms with Gasteiger partial charge in [-0.05, 0) is 13.8 Å². The molecule has 2 aromatic carbocycles. The first-order valence-corrected chi connectivity index (χ1v) is 12.2. The number of hydrogen-bond acceptors (Lipinski definition) is 11. The number of aliphatic hydroxyl groups excluding tert-OH is 1. The number of phenolic OH excluding ortho intramolecular Hbond substituents is 2. The molecule has 2 aromatic rings. The molecule has 0 saturated carbocycles. The molecule has 38 heavy (non-hydrogen) atoms. The molecule has 0 spiro atoms. The second-order valence-electron chi connectivity index (χ2n) is 10.1. The third-order valence-electron chi connectivity index (χ3n) is 7.78. The van der Waals surface area contributed by atoms with Crippen LogP contribution in [-0.2, 0) is 20.7 Å². The molecule has 5 rings (SSSR count). The number of phenols is 2. The van der Waals surface area contributed by atoms with Gasteiger partial charge in [-0.15, -0.1) is 0 Å². The molecule has 200 valence electrons. The predicted molar refractivity (Wildman–Crippen MR) is 129 cm³/mol. The maximum absolute atomic E-state index is 13.6. The minimum Gasteiger partial charge on any atom is -0.507 e. The lowest BCUT2D eigenvalue weighted by Crippen LogP contribution is -2.52. The molecule has 1 unspecified atom stereocenters. The Kier molecular flexibility index (Phi) is 6.24. The van der Waals surface area contributed by atoms with Crippen molar-refractivity contribution in [1.82, 2.24) is 0 Å². The van der Waals surface area contributed by atoms with Crippen molar-refractivity contribution < 1.29 is 49.1 Å². The number of fused-ring (bicyclic) bond motifs is 3. The van der Waals surface area contributed by atoms with Gasteiger partial charge < -0.3 is 35.6 Å². The van der Waals surface area contributed by atoms with Crippen LogP contribution in [-0.4, -0.2) is 74.2 Å². The summed E-state index contributed by atoms with van der Waals surface area (Å²) in [5, 5.41) is 44.0. The maximum Gasteiger partial charge on any atom is 0.199 e. The Labute approximate surface area is 216 Å². The van der Waals surface area contributed by atoms with Gasteiger partial charge in [0.05, 0.1) is 29.4 Å². The summed E-state index contributed by atoms with van der Waals surface area (Å²) in [4.78, 5) is 51.0. The highest BCUT2D eigenvalue weighted by atomic mass is 16.7. The number of nitrogens with two attached hydrogens (primary N) is 1. The van der Waals surface area contributed by atoms with Crippen LogP contribution in [0.15, 0.2) is 18.2 Å². The van der Waals surface area contributed by atoms with Crippen molar-refractivity contribution in [2.24, 2.45) is 5.73 Å². The van der Waals surface area contributed by atoms with Crippen LogP contribution in [0.5, 0.6) is 11.5 Å². The molecule has 6 N–H and O–H groups in total. The van der Waals surface area contributed by atoms with Crippen LogP contribution in [0.2, 0.25) is 0 Å². The van der Waals surface area contributed by atoms with Crippen LogP contribution in [0.4, 0.5) is 0 Å². The molecule has 1 aliphatic heterocycles. The molecule has 1 heterocycles. The SMILES string of the molecule is CC(=O)[C@]1(O)Cc2c(O)c3c(c(O)c2[C@@H](O[C@H]2C[C@H](N)[C@@H](O)C(C)O2)C1)C(=O)c1c(C=O)cccc1C3=O. The Bertz CT molecular complexity index is 1390. The maximum atomic E-state index is 13.6. The molecule has 0 aromatic heterocycles. The largest absolute Gasteiger partial charge is 0.507 e. The van der Waals surface area contributed by atoms with Gasteiger partial charge in [-0.25, -0.2) is 0 Å². The second kappa shape index (κ2) is 9.07. The number of ether oxygens (including phenoxy) is 2. The summed E-state index contributed by atoms with van der Waals surface area (Å²) in [7, 11) is 0. The molecule has 11 nitrogen and oxygen atoms in total. The van der Waals surface area contributed by atoms with E-state index in [4.69, 9.17) is 15.2 Å². The second-order valence-corrected chi connectivity index (χ2v) is 10.1. The van der Waals surface area contributed by atoms with E-state index in [1.54, 1.807) is 6.92 Å². The Morgan fingerprint density at radius 1 is 1.16 bits per heavy atom. The number of ketones is 3. The van der Waals surface area contributed by atoms with Crippen molar-refractivity contribution in [2.75, 3.05) is 0 Å². The van der Waals surface area contributed by atoms with Gasteiger partial charge >= 0.3 is 0 Å². The number of Topliss-reactive ketones (excluding diaryl/α,β-unsaturated/α-hetero) is 1. The fraction of sp³-hybridized carbons (Fsp3) is 0.407. The van der Waals surface area contributed by atoms with Crippen LogP contribution in [0, 0.1) is 0 Å². The summed E-state index contributed by atoms with van der Waals surface area (Å²) < 4.78 is 11.7. The highest BCUT2D eigenvalue weighted by molar-refractivity contribution is 6.32. The van der Waals surface area contributed by atoms with Crippen molar-refractivity contribution in [1.29, 1.82) is 0 Å². The normalized spacial score (nSPS) is 30.3. The van der Waals surface area contributed by atoms with E-state index in [0.717, 1.165) is 6.92 Å². The number of rotatable bonds is 4. The number of aromatic hydroxyl groups is 2. The molecule has 0 amide bonds. The zero-order chi connectivity index (χ0) is 27.7. The molecule has 2 aliphatic carbocycles. The van der Waals surface area contributed by atoms with Crippen molar-refractivity contribution in [3.8, 4) is 11.5 Å². The summed E-state index contributed by atoms with van der Waals surface area (Å²) in [6.45, 7) is 2.75. The predicted octanol–water partition coefficient (Wildman–Crippen LogP) is 0.833. The topological polar surface area (TPSA) is 194 Å². The lowest BCUT2D eigenvalue weighted by molar-refractivity contribution is -0.247. The molecule has 11 heteroatoms. The van der Waals surface area contributed by atoms with Crippen molar-refractivity contribution in [2.45, 2.75) is 69.4 Å². The standard InChI is InChI=1S/C27H27NO10/c1-10-22(31)15(28)6-17(37-10)38-16-8-27(36,11(2)30)7-14-19(16)26(35)21-20(24(14)33)23(32)13-5-3-4-12(9-29)18(13)25(21)34/h3-5,9-10,15-17,22,31,33,35-36H,6-8,28H2,1-2H3/t10?,15-,16-,17-,22-,27-/m0/s1. The zero-order valence-corrected chi connectivity index (χ0v) is 20.6. The number of aliphatic hydroxyl groups is 2. The van der Waals surface area contributed by atoms with Crippen LogP contribution in [0.3, 0.4) is 0 Å². The summed E-state index contributed by atoms with van der Waals surface area (Å²) in [6.07, 6.45) is -4.30. The minimum atomic E-state index is -2.03. The molecule has 1 saturated heterocycles. The van der Waals surface area contributed by atoms with E-state index in [2.05, 4.69) is 0 Å². The van der Waals surface area contributed by atoms with Gasteiger partial charge in [0.1, 0.15) is 17.1 Å². The fourth-order valence-electron chi connectivity index (χ4n) is 5.65. The van der Waals surface area contributed by atoms with Gasteiger partial charge in [0.15, 0.2) is 29.9 Å². The molecular weight excluding hydrogens is 498 g/mol. The zero-order valence-electron chi connectivity index (χ0n) is 20.6. The first-order valence-electron chi connectivity index (χ1n) is 12.2. The minimum absolute atomic E-state index is 0.0427. The van der Waals surface area contributed by atoms with Gasteiger partial charge in [0.2, 0.25) is 0 Å². The number of aldehydes is 1. The fourth-order valence-corrected chi connectivity index (χ4v) is 5.65. The third kappa shape index (κ3) is 3.77. The van der Waals surface area contributed by atoms with E-state index in [1.165, 1.54) is 18.2 Å². The van der Waals surface area contributed by atoms with E-state index >= 15 is 0 Å². The smallest absolute Gasteiger partial charge is 0.199 e. The van der Waals surface area contributed by atoms with E-state index in [1.807, 2.05) is 0 Å². The van der Waals surface area contributed by atoms with Gasteiger partial charge in [-0.3, -0.25) is 19.2 Å². The number of carbonyl (C=O) groups is 4. The monoisotopic (exact) mass is 525 g/mol. The average Bonchev–Trinajstić information content (AvgIpc) is 2.87. The molecule has 0 radical (unpaired) electrons. The molecule has 1 fully saturated rings. The molecule has 3 aliphatic rings. The van der Waals surface area contributed by atoms with Gasteiger partial charge in [-0.1, -0.05) is 18.2 Å². The number of hydrogen-bond donors (Lipinski definition) is 5. The summed E-state index contributed by atoms with van der Waals surface area (Å²) in [5.41, 5.74) is 2.40. The van der Waals surface area contributed by atoms with Gasteiger partial charge in [0.25, 0.3) is 0 Å². The van der Waals surface area contributed by atoms with Crippen molar-refractivity contribution in [3.05, 3.63) is 57.1 Å². The van der Waals surface area contributed by atoms with E-state index in [0.29, 0.717) is 6.29 Å². The highest BCUT2D eigenvalue weighted by Gasteiger charge is 2.49. The van der Waals surface area contributed by atoms with E-state index < -0.39 is 82.6 Å². The Morgan fingerprint density at radius 2 is 1.84 bits per heavy atom. The summed E-state index contributed by atoms with van der Waals surface area (Å²) in [5.74, 6) is -3.62. The highest BCUT2D eigenvalue weighted by Crippen LogP contribution is 2.52. The van der Waals surface area contributed by atoms with Crippen LogP contribution < -0.4 is 5.73 Å². The first-order chi connectivity index (χ1) is 17.9. The Morgan fingerprint density at radius 3 is 2.47 bits per heavy atom. The molecule has 0 bridgehead atoms. The quantitative estimate of drug-likeness (QED) is 0.239. The molecular formula is C27H27NO10. The lowest BCUT2D eigenvalue weighted by atomic mass is 9.71. The van der Waals surface area contributed by atoms with E-state index in [-0.39, 0.29) is 40.7 Å².